The van der Waals surface area contributed by atoms with Gasteiger partial charge in [-0.1, -0.05) is 5.16 Å². The zero-order valence-corrected chi connectivity index (χ0v) is 14.4. The number of hydrogen-bond acceptors (Lipinski definition) is 5. The fourth-order valence-electron chi connectivity index (χ4n) is 3.56. The second-order valence-electron chi connectivity index (χ2n) is 6.31. The first-order chi connectivity index (χ1) is 10.9. The van der Waals surface area contributed by atoms with Gasteiger partial charge in [-0.15, -0.1) is 0 Å². The van der Waals surface area contributed by atoms with Crippen LogP contribution >= 0.6 is 0 Å². The van der Waals surface area contributed by atoms with E-state index in [2.05, 4.69) is 5.16 Å². The number of piperidine rings is 1. The van der Waals surface area contributed by atoms with Crippen LogP contribution in [0.5, 0.6) is 0 Å². The van der Waals surface area contributed by atoms with E-state index < -0.39 is 16.1 Å². The minimum Gasteiger partial charge on any atom is -0.360 e. The summed E-state index contributed by atoms with van der Waals surface area (Å²) in [6.07, 6.45) is 4.41. The minimum absolute atomic E-state index is 0.0578. The van der Waals surface area contributed by atoms with E-state index in [-0.39, 0.29) is 16.6 Å². The number of aromatic nitrogens is 1. The van der Waals surface area contributed by atoms with E-state index in [1.54, 1.807) is 13.8 Å². The molecule has 128 valence electrons. The Hall–Kier alpha value is -1.41. The second-order valence-corrected chi connectivity index (χ2v) is 8.14. The number of carbonyl (C=O) groups is 1. The summed E-state index contributed by atoms with van der Waals surface area (Å²) in [6.45, 7) is 5.03. The van der Waals surface area contributed by atoms with Gasteiger partial charge in [0.2, 0.25) is 15.9 Å². The van der Waals surface area contributed by atoms with Crippen LogP contribution in [0.15, 0.2) is 9.42 Å². The lowest BCUT2D eigenvalue weighted by Crippen LogP contribution is -2.49. The number of aryl methyl sites for hydroxylation is 2. The van der Waals surface area contributed by atoms with Gasteiger partial charge in [0, 0.05) is 19.6 Å². The molecule has 23 heavy (non-hydrogen) atoms. The van der Waals surface area contributed by atoms with Crippen LogP contribution in [0.1, 0.15) is 43.6 Å². The van der Waals surface area contributed by atoms with Gasteiger partial charge in [-0.2, -0.15) is 4.31 Å². The number of likely N-dealkylation sites (tertiary alicyclic amines) is 1. The first-order valence-corrected chi connectivity index (χ1v) is 9.60. The van der Waals surface area contributed by atoms with E-state index in [1.807, 2.05) is 4.90 Å². The minimum atomic E-state index is -3.76. The van der Waals surface area contributed by atoms with Gasteiger partial charge in [0.05, 0.1) is 0 Å². The number of carbonyl (C=O) groups excluding carboxylic acids is 1. The quantitative estimate of drug-likeness (QED) is 0.831. The third-order valence-corrected chi connectivity index (χ3v) is 6.84. The molecule has 3 heterocycles. The lowest BCUT2D eigenvalue weighted by atomic mass is 10.1. The summed E-state index contributed by atoms with van der Waals surface area (Å²) in [5.41, 5.74) is 0.346. The molecule has 1 unspecified atom stereocenters. The zero-order chi connectivity index (χ0) is 16.6. The van der Waals surface area contributed by atoms with Gasteiger partial charge in [-0.3, -0.25) is 4.79 Å². The second kappa shape index (κ2) is 6.24. The van der Waals surface area contributed by atoms with Crippen molar-refractivity contribution < 1.29 is 17.7 Å². The molecule has 2 saturated heterocycles. The molecule has 8 heteroatoms. The molecule has 1 amide bonds. The van der Waals surface area contributed by atoms with Crippen LogP contribution in [0.3, 0.4) is 0 Å². The summed E-state index contributed by atoms with van der Waals surface area (Å²) < 4.78 is 32.3. The summed E-state index contributed by atoms with van der Waals surface area (Å²) in [4.78, 5) is 14.7. The first-order valence-electron chi connectivity index (χ1n) is 8.16. The Morgan fingerprint density at radius 1 is 1.13 bits per heavy atom. The van der Waals surface area contributed by atoms with Crippen molar-refractivity contribution in [3.63, 3.8) is 0 Å². The number of amides is 1. The molecule has 1 aromatic rings. The Bertz CT molecular complexity index is 672. The summed E-state index contributed by atoms with van der Waals surface area (Å²) in [6, 6.07) is -0.591. The highest BCUT2D eigenvalue weighted by atomic mass is 32.2. The predicted molar refractivity (Wildman–Crippen MR) is 83.3 cm³/mol. The molecule has 2 aliphatic rings. The van der Waals surface area contributed by atoms with Crippen LogP contribution < -0.4 is 0 Å². The van der Waals surface area contributed by atoms with Crippen LogP contribution in [0, 0.1) is 13.8 Å². The van der Waals surface area contributed by atoms with Crippen molar-refractivity contribution in [2.45, 2.75) is 56.9 Å². The molecule has 0 radical (unpaired) electrons. The molecule has 1 atom stereocenters. The summed E-state index contributed by atoms with van der Waals surface area (Å²) >= 11 is 0. The Morgan fingerprint density at radius 3 is 2.43 bits per heavy atom. The number of rotatable bonds is 3. The van der Waals surface area contributed by atoms with Gasteiger partial charge >= 0.3 is 0 Å². The number of nitrogens with zero attached hydrogens (tertiary/aromatic N) is 3. The molecule has 2 aliphatic heterocycles. The fraction of sp³-hybridized carbons (Fsp3) is 0.733. The monoisotopic (exact) mass is 341 g/mol. The van der Waals surface area contributed by atoms with E-state index in [9.17, 15) is 13.2 Å². The van der Waals surface area contributed by atoms with Crippen LogP contribution in [-0.2, 0) is 14.8 Å². The smallest absolute Gasteiger partial charge is 0.249 e. The van der Waals surface area contributed by atoms with Crippen molar-refractivity contribution in [2.75, 3.05) is 19.6 Å². The molecule has 0 aliphatic carbocycles. The molecule has 3 rings (SSSR count). The summed E-state index contributed by atoms with van der Waals surface area (Å²) in [5, 5.41) is 3.74. The molecule has 2 fully saturated rings. The van der Waals surface area contributed by atoms with Crippen LogP contribution in [0.4, 0.5) is 0 Å². The van der Waals surface area contributed by atoms with Crippen LogP contribution in [0.25, 0.3) is 0 Å². The van der Waals surface area contributed by atoms with Gasteiger partial charge in [-0.05, 0) is 46.0 Å². The van der Waals surface area contributed by atoms with Gasteiger partial charge in [0.15, 0.2) is 5.76 Å². The van der Waals surface area contributed by atoms with Gasteiger partial charge < -0.3 is 9.42 Å². The average molecular weight is 341 g/mol. The maximum Gasteiger partial charge on any atom is 0.249 e. The normalized spacial score (nSPS) is 23.4. The Balaban J connectivity index is 1.87. The molecular weight excluding hydrogens is 318 g/mol. The third kappa shape index (κ3) is 2.89. The van der Waals surface area contributed by atoms with E-state index >= 15 is 0 Å². The summed E-state index contributed by atoms with van der Waals surface area (Å²) in [7, 11) is -3.76. The molecule has 0 N–H and O–H groups in total. The van der Waals surface area contributed by atoms with Gasteiger partial charge in [0.1, 0.15) is 16.6 Å². The first kappa shape index (κ1) is 16.4. The average Bonchev–Trinajstić information content (AvgIpc) is 3.15. The highest BCUT2D eigenvalue weighted by Gasteiger charge is 2.43. The largest absolute Gasteiger partial charge is 0.360 e. The number of hydrogen-bond donors (Lipinski definition) is 0. The van der Waals surface area contributed by atoms with Crippen LogP contribution in [-0.4, -0.2) is 54.4 Å². The molecular formula is C15H23N3O4S. The van der Waals surface area contributed by atoms with E-state index in [0.29, 0.717) is 25.1 Å². The Labute approximate surface area is 136 Å². The van der Waals surface area contributed by atoms with Gasteiger partial charge in [0.25, 0.3) is 0 Å². The lowest BCUT2D eigenvalue weighted by Gasteiger charge is -2.32. The van der Waals surface area contributed by atoms with Crippen molar-refractivity contribution in [3.05, 3.63) is 11.5 Å². The van der Waals surface area contributed by atoms with Crippen molar-refractivity contribution in [1.82, 2.24) is 14.4 Å². The van der Waals surface area contributed by atoms with Crippen LogP contribution in [0.2, 0.25) is 0 Å². The third-order valence-electron chi connectivity index (χ3n) is 4.69. The highest BCUT2D eigenvalue weighted by molar-refractivity contribution is 7.89. The van der Waals surface area contributed by atoms with Crippen molar-refractivity contribution in [2.24, 2.45) is 0 Å². The highest BCUT2D eigenvalue weighted by Crippen LogP contribution is 2.31. The van der Waals surface area contributed by atoms with Crippen molar-refractivity contribution in [3.8, 4) is 0 Å². The fourth-order valence-corrected chi connectivity index (χ4v) is 5.51. The SMILES string of the molecule is Cc1noc(C)c1S(=O)(=O)N1CCCC1C(=O)N1CCCCC1. The van der Waals surface area contributed by atoms with Gasteiger partial charge in [-0.25, -0.2) is 8.42 Å². The van der Waals surface area contributed by atoms with E-state index in [4.69, 9.17) is 4.52 Å². The van der Waals surface area contributed by atoms with Crippen molar-refractivity contribution in [1.29, 1.82) is 0 Å². The standard InChI is InChI=1S/C15H23N3O4S/c1-11-14(12(2)22-16-11)23(20,21)18-10-6-7-13(18)15(19)17-8-4-3-5-9-17/h13H,3-10H2,1-2H3. The molecule has 0 saturated carbocycles. The molecule has 0 spiro atoms. The predicted octanol–water partition coefficient (Wildman–Crippen LogP) is 1.46. The Kier molecular flexibility index (Phi) is 4.46. The molecule has 0 aromatic carbocycles. The topological polar surface area (TPSA) is 83.7 Å². The lowest BCUT2D eigenvalue weighted by molar-refractivity contribution is -0.135. The maximum atomic E-state index is 13.0. The van der Waals surface area contributed by atoms with E-state index in [0.717, 1.165) is 32.4 Å². The van der Waals surface area contributed by atoms with Crippen molar-refractivity contribution >= 4 is 15.9 Å². The summed E-state index contributed by atoms with van der Waals surface area (Å²) in [5.74, 6) is 0.219. The maximum absolute atomic E-state index is 13.0. The number of sulfonamides is 1. The molecule has 0 bridgehead atoms. The Morgan fingerprint density at radius 2 is 1.83 bits per heavy atom. The molecule has 7 nitrogen and oxygen atoms in total. The zero-order valence-electron chi connectivity index (χ0n) is 13.6. The molecule has 1 aromatic heterocycles. The van der Waals surface area contributed by atoms with E-state index in [1.165, 1.54) is 4.31 Å².